The highest BCUT2D eigenvalue weighted by Crippen LogP contribution is 2.61. The largest absolute Gasteiger partial charge is 0.384 e. The van der Waals surface area contributed by atoms with Crippen molar-refractivity contribution >= 4 is 12.0 Å². The number of aldehydes is 1. The fourth-order valence-corrected chi connectivity index (χ4v) is 3.33. The van der Waals surface area contributed by atoms with Crippen LogP contribution in [0.5, 0.6) is 0 Å². The third-order valence-corrected chi connectivity index (χ3v) is 4.53. The molecular formula is C12H19NO2. The van der Waals surface area contributed by atoms with E-state index in [1.807, 2.05) is 6.92 Å². The van der Waals surface area contributed by atoms with Gasteiger partial charge in [-0.3, -0.25) is 4.99 Å². The minimum absolute atomic E-state index is 0.186. The van der Waals surface area contributed by atoms with E-state index in [2.05, 4.69) is 18.8 Å². The van der Waals surface area contributed by atoms with Crippen LogP contribution in [0, 0.1) is 17.3 Å². The number of aliphatic imine (C=N–C) groups is 1. The van der Waals surface area contributed by atoms with Crippen molar-refractivity contribution in [1.29, 1.82) is 0 Å². The third-order valence-electron chi connectivity index (χ3n) is 4.53. The molecule has 1 N–H and O–H groups in total. The van der Waals surface area contributed by atoms with E-state index >= 15 is 0 Å². The van der Waals surface area contributed by atoms with E-state index in [9.17, 15) is 9.90 Å². The van der Waals surface area contributed by atoms with Gasteiger partial charge in [0.1, 0.15) is 11.9 Å². The zero-order valence-electron chi connectivity index (χ0n) is 9.66. The summed E-state index contributed by atoms with van der Waals surface area (Å²) in [4.78, 5) is 14.5. The van der Waals surface area contributed by atoms with Crippen molar-refractivity contribution in [2.75, 3.05) is 6.54 Å². The molecule has 0 spiro atoms. The standard InChI is InChI=1S/C12H19NO2/c1-11(2)8-6-9(11)12(3,15)10(7-8)13-4-5-14/h5,8-9,15H,4,6-7H2,1-3H3/b13-10-/t8?,9?,12-/m1/s1. The molecule has 3 fully saturated rings. The molecule has 0 amide bonds. The molecule has 0 aromatic carbocycles. The normalized spacial score (nSPS) is 44.9. The van der Waals surface area contributed by atoms with Crippen LogP contribution in [0.1, 0.15) is 33.6 Å². The predicted molar refractivity (Wildman–Crippen MR) is 59.0 cm³/mol. The van der Waals surface area contributed by atoms with Crippen molar-refractivity contribution in [3.05, 3.63) is 0 Å². The first kappa shape index (κ1) is 10.8. The maximum absolute atomic E-state index is 10.5. The van der Waals surface area contributed by atoms with Crippen molar-refractivity contribution in [3.63, 3.8) is 0 Å². The van der Waals surface area contributed by atoms with Gasteiger partial charge in [-0.1, -0.05) is 13.8 Å². The molecule has 0 heterocycles. The Labute approximate surface area is 90.6 Å². The van der Waals surface area contributed by atoms with Crippen LogP contribution in [-0.4, -0.2) is 29.3 Å². The minimum Gasteiger partial charge on any atom is -0.384 e. The van der Waals surface area contributed by atoms with Crippen LogP contribution in [0.25, 0.3) is 0 Å². The van der Waals surface area contributed by atoms with Gasteiger partial charge in [0.15, 0.2) is 0 Å². The molecule has 0 saturated heterocycles. The van der Waals surface area contributed by atoms with Crippen molar-refractivity contribution in [2.45, 2.75) is 39.2 Å². The second-order valence-electron chi connectivity index (χ2n) is 5.61. The van der Waals surface area contributed by atoms with E-state index in [0.717, 1.165) is 24.8 Å². The van der Waals surface area contributed by atoms with Gasteiger partial charge in [-0.05, 0) is 37.0 Å². The lowest BCUT2D eigenvalue weighted by atomic mass is 9.44. The Morgan fingerprint density at radius 1 is 1.53 bits per heavy atom. The summed E-state index contributed by atoms with van der Waals surface area (Å²) < 4.78 is 0. The zero-order valence-corrected chi connectivity index (χ0v) is 9.66. The molecule has 3 aliphatic carbocycles. The molecule has 0 aromatic heterocycles. The Kier molecular flexibility index (Phi) is 2.26. The quantitative estimate of drug-likeness (QED) is 0.700. The molecule has 15 heavy (non-hydrogen) atoms. The van der Waals surface area contributed by atoms with Gasteiger partial charge >= 0.3 is 0 Å². The van der Waals surface area contributed by atoms with E-state index in [4.69, 9.17) is 0 Å². The van der Waals surface area contributed by atoms with E-state index < -0.39 is 5.60 Å². The number of hydrogen-bond acceptors (Lipinski definition) is 3. The predicted octanol–water partition coefficient (Wildman–Crippen LogP) is 1.44. The number of aliphatic hydroxyl groups is 1. The van der Waals surface area contributed by atoms with E-state index in [1.54, 1.807) is 0 Å². The van der Waals surface area contributed by atoms with Gasteiger partial charge in [0, 0.05) is 5.71 Å². The topological polar surface area (TPSA) is 49.7 Å². The highest BCUT2D eigenvalue weighted by atomic mass is 16.3. The molecule has 3 saturated carbocycles. The first-order valence-corrected chi connectivity index (χ1v) is 5.60. The smallest absolute Gasteiger partial charge is 0.141 e. The first-order chi connectivity index (χ1) is 6.90. The highest BCUT2D eigenvalue weighted by Gasteiger charge is 2.61. The molecule has 3 nitrogen and oxygen atoms in total. The Balaban J connectivity index is 2.24. The van der Waals surface area contributed by atoms with Crippen molar-refractivity contribution in [2.24, 2.45) is 22.2 Å². The highest BCUT2D eigenvalue weighted by molar-refractivity contribution is 5.95. The summed E-state index contributed by atoms with van der Waals surface area (Å²) in [6.07, 6.45) is 2.74. The summed E-state index contributed by atoms with van der Waals surface area (Å²) >= 11 is 0. The average Bonchev–Trinajstić information content (AvgIpc) is 2.14. The summed E-state index contributed by atoms with van der Waals surface area (Å²) in [6.45, 7) is 6.47. The molecule has 2 bridgehead atoms. The Morgan fingerprint density at radius 2 is 2.20 bits per heavy atom. The van der Waals surface area contributed by atoms with Crippen LogP contribution in [0.2, 0.25) is 0 Å². The Bertz CT molecular complexity index is 318. The minimum atomic E-state index is -0.804. The number of rotatable bonds is 2. The lowest BCUT2D eigenvalue weighted by Gasteiger charge is -2.62. The molecule has 2 unspecified atom stereocenters. The molecular weight excluding hydrogens is 190 g/mol. The molecule has 3 atom stereocenters. The Morgan fingerprint density at radius 3 is 2.67 bits per heavy atom. The monoisotopic (exact) mass is 209 g/mol. The summed E-state index contributed by atoms with van der Waals surface area (Å²) in [6, 6.07) is 0. The maximum Gasteiger partial charge on any atom is 0.141 e. The van der Waals surface area contributed by atoms with Gasteiger partial charge in [0.2, 0.25) is 0 Å². The molecule has 0 radical (unpaired) electrons. The maximum atomic E-state index is 10.5. The summed E-state index contributed by atoms with van der Waals surface area (Å²) in [7, 11) is 0. The second kappa shape index (κ2) is 3.14. The lowest BCUT2D eigenvalue weighted by molar-refractivity contribution is -0.134. The fourth-order valence-electron chi connectivity index (χ4n) is 3.33. The number of carbonyl (C=O) groups is 1. The molecule has 0 aromatic rings. The second-order valence-corrected chi connectivity index (χ2v) is 5.61. The molecule has 3 rings (SSSR count). The number of carbonyl (C=O) groups excluding carboxylic acids is 1. The summed E-state index contributed by atoms with van der Waals surface area (Å²) in [5, 5.41) is 10.5. The summed E-state index contributed by atoms with van der Waals surface area (Å²) in [5.74, 6) is 0.933. The Hall–Kier alpha value is -0.700. The van der Waals surface area contributed by atoms with Crippen molar-refractivity contribution in [3.8, 4) is 0 Å². The molecule has 84 valence electrons. The van der Waals surface area contributed by atoms with Gasteiger partial charge in [-0.2, -0.15) is 0 Å². The fraction of sp³-hybridized carbons (Fsp3) is 0.833. The van der Waals surface area contributed by atoms with Crippen molar-refractivity contribution < 1.29 is 9.90 Å². The van der Waals surface area contributed by atoms with Gasteiger partial charge in [-0.15, -0.1) is 0 Å². The van der Waals surface area contributed by atoms with E-state index in [-0.39, 0.29) is 12.0 Å². The first-order valence-electron chi connectivity index (χ1n) is 5.60. The lowest BCUT2D eigenvalue weighted by Crippen LogP contribution is -2.64. The van der Waals surface area contributed by atoms with Crippen LogP contribution in [0.15, 0.2) is 4.99 Å². The average molecular weight is 209 g/mol. The van der Waals surface area contributed by atoms with Crippen LogP contribution >= 0.6 is 0 Å². The molecule has 0 aliphatic heterocycles. The van der Waals surface area contributed by atoms with Gasteiger partial charge in [0.25, 0.3) is 0 Å². The van der Waals surface area contributed by atoms with Crippen LogP contribution in [0.4, 0.5) is 0 Å². The van der Waals surface area contributed by atoms with Crippen LogP contribution in [0.3, 0.4) is 0 Å². The number of fused-ring (bicyclic) bond motifs is 2. The molecule has 3 aliphatic rings. The SMILES string of the molecule is CC1(C)C2C/C(=N/CC=O)[C@](C)(O)C1C2. The number of hydrogen-bond donors (Lipinski definition) is 1. The van der Waals surface area contributed by atoms with E-state index in [0.29, 0.717) is 11.8 Å². The van der Waals surface area contributed by atoms with Crippen LogP contribution < -0.4 is 0 Å². The van der Waals surface area contributed by atoms with E-state index in [1.165, 1.54) is 0 Å². The zero-order chi connectivity index (χ0) is 11.3. The van der Waals surface area contributed by atoms with Crippen LogP contribution in [-0.2, 0) is 4.79 Å². The van der Waals surface area contributed by atoms with Gasteiger partial charge < -0.3 is 9.90 Å². The van der Waals surface area contributed by atoms with Gasteiger partial charge in [-0.25, -0.2) is 0 Å². The summed E-state index contributed by atoms with van der Waals surface area (Å²) in [5.41, 5.74) is 0.250. The number of nitrogens with zero attached hydrogens (tertiary/aromatic N) is 1. The van der Waals surface area contributed by atoms with Crippen molar-refractivity contribution in [1.82, 2.24) is 0 Å². The van der Waals surface area contributed by atoms with Gasteiger partial charge in [0.05, 0.1) is 6.54 Å². The third kappa shape index (κ3) is 1.36. The molecule has 3 heteroatoms.